The summed E-state index contributed by atoms with van der Waals surface area (Å²) in [6.45, 7) is 2.79. The molecule has 0 aliphatic heterocycles. The molecule has 0 bridgehead atoms. The van der Waals surface area contributed by atoms with E-state index in [9.17, 15) is 4.79 Å². The zero-order valence-corrected chi connectivity index (χ0v) is 13.8. The Balaban J connectivity index is 1.67. The number of nitriles is 1. The smallest absolute Gasteiger partial charge is 0.256 e. The molecule has 0 spiro atoms. The molecule has 2 heterocycles. The first-order valence-electron chi connectivity index (χ1n) is 8.04. The van der Waals surface area contributed by atoms with E-state index in [4.69, 9.17) is 10.00 Å². The minimum absolute atomic E-state index is 0.0887. The maximum atomic E-state index is 12.5. The molecule has 2 atom stereocenters. The molecule has 24 heavy (non-hydrogen) atoms. The molecule has 1 N–H and O–H groups in total. The summed E-state index contributed by atoms with van der Waals surface area (Å²) in [6.07, 6.45) is 7.58. The molecule has 1 aliphatic carbocycles. The highest BCUT2D eigenvalue weighted by Crippen LogP contribution is 2.25. The monoisotopic (exact) mass is 328 g/mol. The molecule has 0 unspecified atom stereocenters. The van der Waals surface area contributed by atoms with Gasteiger partial charge in [0, 0.05) is 13.6 Å². The van der Waals surface area contributed by atoms with Crippen molar-refractivity contribution in [2.75, 3.05) is 0 Å². The summed E-state index contributed by atoms with van der Waals surface area (Å²) >= 11 is 0. The van der Waals surface area contributed by atoms with Crippen LogP contribution >= 0.6 is 0 Å². The largest absolute Gasteiger partial charge is 0.485 e. The van der Waals surface area contributed by atoms with Gasteiger partial charge in [-0.25, -0.2) is 0 Å². The van der Waals surface area contributed by atoms with Gasteiger partial charge < -0.3 is 10.1 Å². The number of ether oxygens (including phenoxy) is 1. The molecular formula is C16H20N6O2. The summed E-state index contributed by atoms with van der Waals surface area (Å²) in [6, 6.07) is 1.92. The average molecular weight is 328 g/mol. The Morgan fingerprint density at radius 1 is 1.46 bits per heavy atom. The highest BCUT2D eigenvalue weighted by molar-refractivity contribution is 5.96. The lowest BCUT2D eigenvalue weighted by atomic mass is 10.1. The van der Waals surface area contributed by atoms with Crippen LogP contribution in [-0.4, -0.2) is 37.6 Å². The number of aromatic nitrogens is 4. The van der Waals surface area contributed by atoms with Gasteiger partial charge in [-0.2, -0.15) is 15.5 Å². The van der Waals surface area contributed by atoms with Crippen LogP contribution in [0.1, 0.15) is 42.2 Å². The number of rotatable bonds is 5. The van der Waals surface area contributed by atoms with E-state index in [1.807, 2.05) is 19.2 Å². The number of carbonyl (C=O) groups is 1. The predicted octanol–water partition coefficient (Wildman–Crippen LogP) is 1.24. The highest BCUT2D eigenvalue weighted by Gasteiger charge is 2.31. The van der Waals surface area contributed by atoms with E-state index in [0.717, 1.165) is 25.8 Å². The number of aryl methyl sites for hydroxylation is 2. The molecule has 8 nitrogen and oxygen atoms in total. The Morgan fingerprint density at radius 3 is 3.00 bits per heavy atom. The van der Waals surface area contributed by atoms with Gasteiger partial charge in [0.25, 0.3) is 5.91 Å². The van der Waals surface area contributed by atoms with Crippen molar-refractivity contribution >= 4 is 5.91 Å². The summed E-state index contributed by atoms with van der Waals surface area (Å²) in [5, 5.41) is 20.3. The second-order valence-corrected chi connectivity index (χ2v) is 5.84. The standard InChI is InChI=1S/C16H20N6O2/c1-3-22-10-11(8-19-22)24-15-6-4-5-13(15)20-16(23)12-9-18-21(2)14(12)7-17/h8-10,13,15H,3-6H2,1-2H3,(H,20,23)/t13-,15+/m0/s1. The summed E-state index contributed by atoms with van der Waals surface area (Å²) in [4.78, 5) is 12.5. The molecule has 1 aliphatic rings. The molecule has 126 valence electrons. The molecule has 0 saturated heterocycles. The van der Waals surface area contributed by atoms with E-state index in [1.165, 1.54) is 10.9 Å². The Hall–Kier alpha value is -2.82. The van der Waals surface area contributed by atoms with Crippen molar-refractivity contribution in [3.63, 3.8) is 0 Å². The number of nitrogens with zero attached hydrogens (tertiary/aromatic N) is 5. The van der Waals surface area contributed by atoms with Gasteiger partial charge in [0.05, 0.1) is 30.2 Å². The van der Waals surface area contributed by atoms with Crippen molar-refractivity contribution in [1.29, 1.82) is 5.26 Å². The van der Waals surface area contributed by atoms with E-state index in [0.29, 0.717) is 11.3 Å². The van der Waals surface area contributed by atoms with Crippen LogP contribution in [0.2, 0.25) is 0 Å². The summed E-state index contributed by atoms with van der Waals surface area (Å²) in [7, 11) is 1.64. The zero-order chi connectivity index (χ0) is 17.1. The third-order valence-electron chi connectivity index (χ3n) is 4.28. The molecular weight excluding hydrogens is 308 g/mol. The highest BCUT2D eigenvalue weighted by atomic mass is 16.5. The van der Waals surface area contributed by atoms with Gasteiger partial charge >= 0.3 is 0 Å². The minimum atomic E-state index is -0.288. The van der Waals surface area contributed by atoms with Gasteiger partial charge in [0.1, 0.15) is 12.2 Å². The van der Waals surface area contributed by atoms with Gasteiger partial charge in [-0.05, 0) is 26.2 Å². The van der Waals surface area contributed by atoms with Gasteiger partial charge in [-0.15, -0.1) is 0 Å². The lowest BCUT2D eigenvalue weighted by Crippen LogP contribution is -2.42. The number of amides is 1. The lowest BCUT2D eigenvalue weighted by Gasteiger charge is -2.21. The number of hydrogen-bond acceptors (Lipinski definition) is 5. The SMILES string of the molecule is CCn1cc(O[C@@H]2CCC[C@@H]2NC(=O)c2cnn(C)c2C#N)cn1. The second kappa shape index (κ2) is 6.74. The fraction of sp³-hybridized carbons (Fsp3) is 0.500. The summed E-state index contributed by atoms with van der Waals surface area (Å²) in [5.41, 5.74) is 0.552. The second-order valence-electron chi connectivity index (χ2n) is 5.84. The molecule has 1 saturated carbocycles. The van der Waals surface area contributed by atoms with Gasteiger partial charge in [0.15, 0.2) is 11.4 Å². The fourth-order valence-electron chi connectivity index (χ4n) is 2.97. The quantitative estimate of drug-likeness (QED) is 0.890. The van der Waals surface area contributed by atoms with Crippen LogP contribution in [0.5, 0.6) is 5.75 Å². The first-order chi connectivity index (χ1) is 11.6. The normalized spacial score (nSPS) is 19.9. The number of carbonyl (C=O) groups excluding carboxylic acids is 1. The molecule has 1 amide bonds. The summed E-state index contributed by atoms with van der Waals surface area (Å²) < 4.78 is 9.18. The van der Waals surface area contributed by atoms with Crippen LogP contribution in [-0.2, 0) is 13.6 Å². The van der Waals surface area contributed by atoms with Crippen molar-refractivity contribution in [3.05, 3.63) is 29.8 Å². The first-order valence-corrected chi connectivity index (χ1v) is 8.04. The van der Waals surface area contributed by atoms with Crippen molar-refractivity contribution < 1.29 is 9.53 Å². The molecule has 1 fully saturated rings. The van der Waals surface area contributed by atoms with Gasteiger partial charge in [-0.1, -0.05) is 0 Å². The van der Waals surface area contributed by atoms with Crippen molar-refractivity contribution in [2.45, 2.75) is 44.9 Å². The topological polar surface area (TPSA) is 97.8 Å². The lowest BCUT2D eigenvalue weighted by molar-refractivity contribution is 0.0893. The molecule has 3 rings (SSSR count). The van der Waals surface area contributed by atoms with E-state index in [1.54, 1.807) is 17.9 Å². The van der Waals surface area contributed by atoms with Crippen LogP contribution in [0.15, 0.2) is 18.6 Å². The van der Waals surface area contributed by atoms with Crippen LogP contribution in [0.4, 0.5) is 0 Å². The number of hydrogen-bond donors (Lipinski definition) is 1. The molecule has 8 heteroatoms. The van der Waals surface area contributed by atoms with Crippen molar-refractivity contribution in [2.24, 2.45) is 7.05 Å². The summed E-state index contributed by atoms with van der Waals surface area (Å²) in [5.74, 6) is 0.423. The maximum absolute atomic E-state index is 12.5. The zero-order valence-electron chi connectivity index (χ0n) is 13.8. The van der Waals surface area contributed by atoms with Crippen molar-refractivity contribution in [1.82, 2.24) is 24.9 Å². The molecule has 0 radical (unpaired) electrons. The Bertz CT molecular complexity index is 772. The van der Waals surface area contributed by atoms with E-state index < -0.39 is 0 Å². The fourth-order valence-corrected chi connectivity index (χ4v) is 2.97. The van der Waals surface area contributed by atoms with Gasteiger partial charge in [0.2, 0.25) is 0 Å². The third-order valence-corrected chi connectivity index (χ3v) is 4.28. The molecule has 2 aromatic heterocycles. The molecule has 0 aromatic carbocycles. The van der Waals surface area contributed by atoms with Crippen LogP contribution in [0.3, 0.4) is 0 Å². The van der Waals surface area contributed by atoms with E-state index in [2.05, 4.69) is 15.5 Å². The van der Waals surface area contributed by atoms with Crippen LogP contribution in [0.25, 0.3) is 0 Å². The van der Waals surface area contributed by atoms with E-state index >= 15 is 0 Å². The van der Waals surface area contributed by atoms with Crippen LogP contribution in [0, 0.1) is 11.3 Å². The third kappa shape index (κ3) is 3.11. The number of nitrogens with one attached hydrogen (secondary N) is 1. The Labute approximate surface area is 140 Å². The Kier molecular flexibility index (Phi) is 4.51. The Morgan fingerprint density at radius 2 is 2.29 bits per heavy atom. The predicted molar refractivity (Wildman–Crippen MR) is 85.3 cm³/mol. The first kappa shape index (κ1) is 16.1. The van der Waals surface area contributed by atoms with Crippen molar-refractivity contribution in [3.8, 4) is 11.8 Å². The maximum Gasteiger partial charge on any atom is 0.256 e. The van der Waals surface area contributed by atoms with Crippen LogP contribution < -0.4 is 10.1 Å². The van der Waals surface area contributed by atoms with E-state index in [-0.39, 0.29) is 23.7 Å². The minimum Gasteiger partial charge on any atom is -0.485 e. The molecule has 2 aromatic rings. The average Bonchev–Trinajstić information content (AvgIpc) is 3.28. The van der Waals surface area contributed by atoms with Gasteiger partial charge in [-0.3, -0.25) is 14.2 Å².